The summed E-state index contributed by atoms with van der Waals surface area (Å²) in [7, 11) is 0. The number of nitrogens with two attached hydrogens (primary N) is 1. The smallest absolute Gasteiger partial charge is 0.252 e. The third-order valence-electron chi connectivity index (χ3n) is 3.82. The van der Waals surface area contributed by atoms with Gasteiger partial charge in [-0.15, -0.1) is 0 Å². The van der Waals surface area contributed by atoms with Crippen LogP contribution in [0.4, 0.5) is 0 Å². The summed E-state index contributed by atoms with van der Waals surface area (Å²) in [5.41, 5.74) is 6.53. The SMILES string of the molecule is NC1(c2noc(CCNC(=O)c3ccsc3)n2)CCCC1. The fourth-order valence-electron chi connectivity index (χ4n) is 2.57. The van der Waals surface area contributed by atoms with Crippen molar-refractivity contribution in [2.75, 3.05) is 6.54 Å². The van der Waals surface area contributed by atoms with Crippen LogP contribution in [0.2, 0.25) is 0 Å². The number of carbonyl (C=O) groups is 1. The van der Waals surface area contributed by atoms with E-state index in [-0.39, 0.29) is 5.91 Å². The first-order chi connectivity index (χ1) is 10.2. The van der Waals surface area contributed by atoms with Crippen LogP contribution < -0.4 is 11.1 Å². The second kappa shape index (κ2) is 5.95. The van der Waals surface area contributed by atoms with Crippen LogP contribution in [-0.4, -0.2) is 22.6 Å². The molecule has 1 amide bonds. The molecule has 1 aliphatic carbocycles. The minimum atomic E-state index is -0.429. The average Bonchev–Trinajstić information content (AvgIpc) is 3.20. The summed E-state index contributed by atoms with van der Waals surface area (Å²) in [6.45, 7) is 0.466. The van der Waals surface area contributed by atoms with E-state index in [1.807, 2.05) is 10.8 Å². The van der Waals surface area contributed by atoms with Gasteiger partial charge in [-0.2, -0.15) is 16.3 Å². The van der Waals surface area contributed by atoms with E-state index in [1.54, 1.807) is 6.07 Å². The molecule has 2 aromatic heterocycles. The van der Waals surface area contributed by atoms with Gasteiger partial charge >= 0.3 is 0 Å². The maximum Gasteiger partial charge on any atom is 0.252 e. The molecule has 0 aromatic carbocycles. The first-order valence-corrected chi connectivity index (χ1v) is 8.04. The number of carbonyl (C=O) groups excluding carboxylic acids is 1. The Balaban J connectivity index is 1.52. The van der Waals surface area contributed by atoms with Gasteiger partial charge in [0.1, 0.15) is 0 Å². The molecule has 2 heterocycles. The van der Waals surface area contributed by atoms with Crippen LogP contribution in [-0.2, 0) is 12.0 Å². The van der Waals surface area contributed by atoms with E-state index in [0.717, 1.165) is 25.7 Å². The van der Waals surface area contributed by atoms with Crippen LogP contribution in [0, 0.1) is 0 Å². The lowest BCUT2D eigenvalue weighted by atomic mass is 9.99. The van der Waals surface area contributed by atoms with Crippen molar-refractivity contribution >= 4 is 17.2 Å². The Kier molecular flexibility index (Phi) is 4.03. The molecule has 7 heteroatoms. The van der Waals surface area contributed by atoms with E-state index in [1.165, 1.54) is 11.3 Å². The van der Waals surface area contributed by atoms with Gasteiger partial charge in [-0.1, -0.05) is 18.0 Å². The van der Waals surface area contributed by atoms with Crippen molar-refractivity contribution in [2.45, 2.75) is 37.6 Å². The van der Waals surface area contributed by atoms with Gasteiger partial charge in [0.25, 0.3) is 5.91 Å². The molecule has 6 nitrogen and oxygen atoms in total. The maximum absolute atomic E-state index is 11.8. The largest absolute Gasteiger partial charge is 0.351 e. The Morgan fingerprint density at radius 1 is 1.48 bits per heavy atom. The molecule has 112 valence electrons. The highest BCUT2D eigenvalue weighted by atomic mass is 32.1. The third-order valence-corrected chi connectivity index (χ3v) is 4.50. The molecule has 2 aromatic rings. The molecule has 0 atom stereocenters. The van der Waals surface area contributed by atoms with Gasteiger partial charge in [0.15, 0.2) is 5.82 Å². The van der Waals surface area contributed by atoms with Crippen LogP contribution in [0.3, 0.4) is 0 Å². The van der Waals surface area contributed by atoms with Gasteiger partial charge in [0.2, 0.25) is 5.89 Å². The van der Waals surface area contributed by atoms with Crippen molar-refractivity contribution in [3.8, 4) is 0 Å². The number of rotatable bonds is 5. The molecule has 1 aliphatic rings. The van der Waals surface area contributed by atoms with Crippen molar-refractivity contribution in [3.05, 3.63) is 34.1 Å². The van der Waals surface area contributed by atoms with E-state index in [4.69, 9.17) is 10.3 Å². The highest BCUT2D eigenvalue weighted by molar-refractivity contribution is 7.08. The summed E-state index contributed by atoms with van der Waals surface area (Å²) in [5, 5.41) is 10.5. The molecular weight excluding hydrogens is 288 g/mol. The molecule has 3 N–H and O–H groups in total. The van der Waals surface area contributed by atoms with Crippen molar-refractivity contribution in [1.29, 1.82) is 0 Å². The number of hydrogen-bond donors (Lipinski definition) is 2. The van der Waals surface area contributed by atoms with Gasteiger partial charge < -0.3 is 15.6 Å². The zero-order chi connectivity index (χ0) is 14.7. The van der Waals surface area contributed by atoms with Crippen LogP contribution in [0.15, 0.2) is 21.3 Å². The summed E-state index contributed by atoms with van der Waals surface area (Å²) in [6.07, 6.45) is 4.54. The molecular formula is C14H18N4O2S. The van der Waals surface area contributed by atoms with E-state index < -0.39 is 5.54 Å². The minimum Gasteiger partial charge on any atom is -0.351 e. The lowest BCUT2D eigenvalue weighted by molar-refractivity contribution is 0.0954. The number of amides is 1. The maximum atomic E-state index is 11.8. The molecule has 0 bridgehead atoms. The van der Waals surface area contributed by atoms with Gasteiger partial charge in [0.05, 0.1) is 5.54 Å². The second-order valence-electron chi connectivity index (χ2n) is 5.39. The van der Waals surface area contributed by atoms with Gasteiger partial charge in [-0.05, 0) is 24.3 Å². The lowest BCUT2D eigenvalue weighted by Gasteiger charge is -2.17. The number of hydrogen-bond acceptors (Lipinski definition) is 6. The first-order valence-electron chi connectivity index (χ1n) is 7.10. The molecule has 0 radical (unpaired) electrons. The molecule has 0 saturated heterocycles. The van der Waals surface area contributed by atoms with Crippen molar-refractivity contribution in [2.24, 2.45) is 5.73 Å². The number of nitrogens with zero attached hydrogens (tertiary/aromatic N) is 2. The topological polar surface area (TPSA) is 94.0 Å². The van der Waals surface area contributed by atoms with Crippen molar-refractivity contribution in [1.82, 2.24) is 15.5 Å². The summed E-state index contributed by atoms with van der Waals surface area (Å²) in [4.78, 5) is 16.1. The van der Waals surface area contributed by atoms with E-state index >= 15 is 0 Å². The normalized spacial score (nSPS) is 17.0. The molecule has 1 fully saturated rings. The standard InChI is InChI=1S/C14H18N4O2S/c15-14(5-1-2-6-14)13-17-11(20-18-13)3-7-16-12(19)10-4-8-21-9-10/h4,8-9H,1-3,5-7,15H2,(H,16,19). The number of nitrogens with one attached hydrogen (secondary N) is 1. The fourth-order valence-corrected chi connectivity index (χ4v) is 3.20. The van der Waals surface area contributed by atoms with Gasteiger partial charge in [0, 0.05) is 23.9 Å². The molecule has 0 spiro atoms. The highest BCUT2D eigenvalue weighted by Crippen LogP contribution is 2.34. The van der Waals surface area contributed by atoms with E-state index in [9.17, 15) is 4.79 Å². The molecule has 0 unspecified atom stereocenters. The van der Waals surface area contributed by atoms with Crippen LogP contribution >= 0.6 is 11.3 Å². The zero-order valence-electron chi connectivity index (χ0n) is 11.7. The molecule has 1 saturated carbocycles. The van der Waals surface area contributed by atoms with E-state index in [2.05, 4.69) is 15.5 Å². The predicted octanol–water partition coefficient (Wildman–Crippen LogP) is 1.83. The van der Waals surface area contributed by atoms with E-state index in [0.29, 0.717) is 30.2 Å². The average molecular weight is 306 g/mol. The summed E-state index contributed by atoms with van der Waals surface area (Å²) < 4.78 is 5.22. The number of aromatic nitrogens is 2. The molecule has 0 aliphatic heterocycles. The summed E-state index contributed by atoms with van der Waals surface area (Å²) in [6, 6.07) is 1.79. The zero-order valence-corrected chi connectivity index (χ0v) is 12.5. The quantitative estimate of drug-likeness (QED) is 0.879. The Hall–Kier alpha value is -1.73. The van der Waals surface area contributed by atoms with Gasteiger partial charge in [-0.25, -0.2) is 0 Å². The Bertz CT molecular complexity index is 602. The van der Waals surface area contributed by atoms with Crippen molar-refractivity contribution < 1.29 is 9.32 Å². The van der Waals surface area contributed by atoms with Gasteiger partial charge in [-0.3, -0.25) is 4.79 Å². The van der Waals surface area contributed by atoms with Crippen LogP contribution in [0.1, 0.15) is 47.8 Å². The predicted molar refractivity (Wildman–Crippen MR) is 79.0 cm³/mol. The fraction of sp³-hybridized carbons (Fsp3) is 0.500. The summed E-state index contributed by atoms with van der Waals surface area (Å²) in [5.74, 6) is 1.04. The van der Waals surface area contributed by atoms with Crippen LogP contribution in [0.25, 0.3) is 0 Å². The Labute approximate surface area is 126 Å². The summed E-state index contributed by atoms with van der Waals surface area (Å²) >= 11 is 1.50. The number of thiophene rings is 1. The second-order valence-corrected chi connectivity index (χ2v) is 6.17. The third kappa shape index (κ3) is 3.14. The monoisotopic (exact) mass is 306 g/mol. The van der Waals surface area contributed by atoms with Crippen LogP contribution in [0.5, 0.6) is 0 Å². The first kappa shape index (κ1) is 14.2. The Morgan fingerprint density at radius 3 is 3.00 bits per heavy atom. The highest BCUT2D eigenvalue weighted by Gasteiger charge is 2.35. The lowest BCUT2D eigenvalue weighted by Crippen LogP contribution is -2.34. The Morgan fingerprint density at radius 2 is 2.29 bits per heavy atom. The molecule has 21 heavy (non-hydrogen) atoms. The van der Waals surface area contributed by atoms with Crippen molar-refractivity contribution in [3.63, 3.8) is 0 Å². The minimum absolute atomic E-state index is 0.0814. The molecule has 3 rings (SSSR count).